The van der Waals surface area contributed by atoms with Crippen LogP contribution in [0.3, 0.4) is 0 Å². The minimum atomic E-state index is 0.148. The van der Waals surface area contributed by atoms with E-state index in [0.717, 1.165) is 12.2 Å². The first-order chi connectivity index (χ1) is 8.67. The van der Waals surface area contributed by atoms with Crippen molar-refractivity contribution >= 4 is 11.5 Å². The normalized spacial score (nSPS) is 12.2. The maximum atomic E-state index is 5.79. The Morgan fingerprint density at radius 2 is 2.17 bits per heavy atom. The summed E-state index contributed by atoms with van der Waals surface area (Å²) in [7, 11) is 0. The number of pyridine rings is 1. The Hall–Kier alpha value is -1.49. The van der Waals surface area contributed by atoms with Gasteiger partial charge < -0.3 is 20.5 Å². The summed E-state index contributed by atoms with van der Waals surface area (Å²) >= 11 is 0. The number of rotatable bonds is 8. The number of aromatic nitrogens is 1. The number of hydrogen-bond donors (Lipinski definition) is 2. The first-order valence-electron chi connectivity index (χ1n) is 6.42. The smallest absolute Gasteiger partial charge is 0.239 e. The zero-order valence-electron chi connectivity index (χ0n) is 11.4. The van der Waals surface area contributed by atoms with Crippen molar-refractivity contribution in [2.45, 2.75) is 33.3 Å². The van der Waals surface area contributed by atoms with E-state index in [2.05, 4.69) is 10.3 Å². The summed E-state index contributed by atoms with van der Waals surface area (Å²) in [4.78, 5) is 4.33. The molecule has 0 amide bonds. The minimum Gasteiger partial charge on any atom is -0.476 e. The fourth-order valence-electron chi connectivity index (χ4n) is 1.46. The van der Waals surface area contributed by atoms with E-state index in [-0.39, 0.29) is 6.10 Å². The highest BCUT2D eigenvalue weighted by molar-refractivity contribution is 5.53. The molecule has 0 aliphatic rings. The Morgan fingerprint density at radius 1 is 1.39 bits per heavy atom. The quantitative estimate of drug-likeness (QED) is 0.744. The molecule has 1 unspecified atom stereocenters. The highest BCUT2D eigenvalue weighted by Crippen LogP contribution is 2.20. The van der Waals surface area contributed by atoms with Crippen LogP contribution in [0.1, 0.15) is 27.2 Å². The molecule has 0 aromatic carbocycles. The van der Waals surface area contributed by atoms with E-state index < -0.39 is 0 Å². The first kappa shape index (κ1) is 14.6. The van der Waals surface area contributed by atoms with Crippen LogP contribution in [0.25, 0.3) is 0 Å². The van der Waals surface area contributed by atoms with Gasteiger partial charge in [-0.05, 0) is 32.4 Å². The molecule has 0 radical (unpaired) electrons. The minimum absolute atomic E-state index is 0.148. The van der Waals surface area contributed by atoms with Gasteiger partial charge in [0.15, 0.2) is 0 Å². The molecule has 0 aliphatic carbocycles. The van der Waals surface area contributed by atoms with E-state index in [9.17, 15) is 0 Å². The summed E-state index contributed by atoms with van der Waals surface area (Å²) in [6.07, 6.45) is 1.08. The van der Waals surface area contributed by atoms with Gasteiger partial charge in [0.05, 0.1) is 18.4 Å². The number of nitrogens with one attached hydrogen (secondary N) is 1. The van der Waals surface area contributed by atoms with Crippen LogP contribution in [0, 0.1) is 0 Å². The van der Waals surface area contributed by atoms with E-state index in [0.29, 0.717) is 31.3 Å². The van der Waals surface area contributed by atoms with Crippen molar-refractivity contribution in [3.63, 3.8) is 0 Å². The fourth-order valence-corrected chi connectivity index (χ4v) is 1.46. The van der Waals surface area contributed by atoms with E-state index in [4.69, 9.17) is 15.2 Å². The SMILES string of the molecule is CCCOc1nc(NCC(C)OCC)ccc1N. The maximum absolute atomic E-state index is 5.79. The molecule has 1 atom stereocenters. The molecule has 0 bridgehead atoms. The van der Waals surface area contributed by atoms with Crippen LogP contribution in [-0.2, 0) is 4.74 Å². The molecule has 1 rings (SSSR count). The van der Waals surface area contributed by atoms with Crippen LogP contribution in [0.5, 0.6) is 5.88 Å². The van der Waals surface area contributed by atoms with E-state index in [1.807, 2.05) is 26.8 Å². The third-order valence-electron chi connectivity index (χ3n) is 2.35. The number of nitrogen functional groups attached to an aromatic ring is 1. The van der Waals surface area contributed by atoms with Crippen LogP contribution in [0.4, 0.5) is 11.5 Å². The lowest BCUT2D eigenvalue weighted by molar-refractivity contribution is 0.0854. The molecule has 3 N–H and O–H groups in total. The van der Waals surface area contributed by atoms with Gasteiger partial charge >= 0.3 is 0 Å². The van der Waals surface area contributed by atoms with E-state index in [1.165, 1.54) is 0 Å². The molecule has 1 aromatic rings. The maximum Gasteiger partial charge on any atom is 0.239 e. The van der Waals surface area contributed by atoms with Crippen LogP contribution in [0.2, 0.25) is 0 Å². The topological polar surface area (TPSA) is 69.4 Å². The van der Waals surface area contributed by atoms with Crippen LogP contribution >= 0.6 is 0 Å². The van der Waals surface area contributed by atoms with Crippen molar-refractivity contribution in [2.75, 3.05) is 30.8 Å². The average Bonchev–Trinajstić information content (AvgIpc) is 2.36. The standard InChI is InChI=1S/C13H23N3O2/c1-4-8-18-13-11(14)6-7-12(16-13)15-9-10(3)17-5-2/h6-7,10H,4-5,8-9,14H2,1-3H3,(H,15,16). The van der Waals surface area contributed by atoms with Gasteiger partial charge in [0.25, 0.3) is 0 Å². The van der Waals surface area contributed by atoms with Gasteiger partial charge in [-0.3, -0.25) is 0 Å². The van der Waals surface area contributed by atoms with Gasteiger partial charge in [-0.15, -0.1) is 0 Å². The summed E-state index contributed by atoms with van der Waals surface area (Å²) in [5, 5.41) is 3.20. The largest absolute Gasteiger partial charge is 0.476 e. The molecule has 1 aromatic heterocycles. The lowest BCUT2D eigenvalue weighted by atomic mass is 10.3. The summed E-state index contributed by atoms with van der Waals surface area (Å²) in [5.74, 6) is 1.24. The van der Waals surface area contributed by atoms with Gasteiger partial charge in [-0.25, -0.2) is 0 Å². The van der Waals surface area contributed by atoms with Crippen molar-refractivity contribution in [1.29, 1.82) is 0 Å². The number of hydrogen-bond acceptors (Lipinski definition) is 5. The monoisotopic (exact) mass is 253 g/mol. The second kappa shape index (κ2) is 7.76. The molecule has 102 valence electrons. The Bertz CT molecular complexity index is 358. The molecular formula is C13H23N3O2. The number of ether oxygens (including phenoxy) is 2. The highest BCUT2D eigenvalue weighted by Gasteiger charge is 2.05. The Kier molecular flexibility index (Phi) is 6.28. The van der Waals surface area contributed by atoms with Crippen LogP contribution in [-0.4, -0.2) is 30.8 Å². The molecule has 0 aliphatic heterocycles. The zero-order valence-corrected chi connectivity index (χ0v) is 11.4. The molecular weight excluding hydrogens is 230 g/mol. The van der Waals surface area contributed by atoms with Crippen molar-refractivity contribution in [1.82, 2.24) is 4.98 Å². The molecule has 0 spiro atoms. The average molecular weight is 253 g/mol. The molecule has 0 saturated carbocycles. The summed E-state index contributed by atoms with van der Waals surface area (Å²) in [6.45, 7) is 8.08. The Balaban J connectivity index is 2.55. The number of nitrogens with zero attached hydrogens (tertiary/aromatic N) is 1. The Labute approximate surface area is 109 Å². The first-order valence-corrected chi connectivity index (χ1v) is 6.42. The summed E-state index contributed by atoms with van der Waals surface area (Å²) in [6, 6.07) is 3.64. The van der Waals surface area contributed by atoms with Crippen molar-refractivity contribution in [3.8, 4) is 5.88 Å². The summed E-state index contributed by atoms with van der Waals surface area (Å²) < 4.78 is 10.9. The van der Waals surface area contributed by atoms with E-state index in [1.54, 1.807) is 6.07 Å². The second-order valence-electron chi connectivity index (χ2n) is 4.09. The predicted octanol–water partition coefficient (Wildman–Crippen LogP) is 2.29. The van der Waals surface area contributed by atoms with Gasteiger partial charge in [-0.2, -0.15) is 4.98 Å². The van der Waals surface area contributed by atoms with Crippen LogP contribution in [0.15, 0.2) is 12.1 Å². The molecule has 5 nitrogen and oxygen atoms in total. The molecule has 5 heteroatoms. The fraction of sp³-hybridized carbons (Fsp3) is 0.615. The molecule has 0 saturated heterocycles. The van der Waals surface area contributed by atoms with Crippen LogP contribution < -0.4 is 15.8 Å². The van der Waals surface area contributed by atoms with Gasteiger partial charge in [0.1, 0.15) is 5.82 Å². The third kappa shape index (κ3) is 4.79. The number of nitrogens with two attached hydrogens (primary N) is 1. The molecule has 1 heterocycles. The predicted molar refractivity (Wildman–Crippen MR) is 74.0 cm³/mol. The van der Waals surface area contributed by atoms with Gasteiger partial charge in [0, 0.05) is 13.2 Å². The van der Waals surface area contributed by atoms with Gasteiger partial charge in [0.2, 0.25) is 5.88 Å². The lowest BCUT2D eigenvalue weighted by Gasteiger charge is -2.14. The van der Waals surface area contributed by atoms with Crippen molar-refractivity contribution < 1.29 is 9.47 Å². The third-order valence-corrected chi connectivity index (χ3v) is 2.35. The molecule has 18 heavy (non-hydrogen) atoms. The molecule has 0 fully saturated rings. The highest BCUT2D eigenvalue weighted by atomic mass is 16.5. The number of anilines is 2. The zero-order chi connectivity index (χ0) is 13.4. The van der Waals surface area contributed by atoms with E-state index >= 15 is 0 Å². The lowest BCUT2D eigenvalue weighted by Crippen LogP contribution is -2.20. The van der Waals surface area contributed by atoms with Gasteiger partial charge in [-0.1, -0.05) is 6.92 Å². The van der Waals surface area contributed by atoms with Crippen molar-refractivity contribution in [2.24, 2.45) is 0 Å². The Morgan fingerprint density at radius 3 is 2.83 bits per heavy atom. The second-order valence-corrected chi connectivity index (χ2v) is 4.09. The van der Waals surface area contributed by atoms with Crippen molar-refractivity contribution in [3.05, 3.63) is 12.1 Å². The summed E-state index contributed by atoms with van der Waals surface area (Å²) in [5.41, 5.74) is 6.36.